The molecular formula is C13H16N2O2S2. The summed E-state index contributed by atoms with van der Waals surface area (Å²) in [7, 11) is 0. The highest BCUT2D eigenvalue weighted by molar-refractivity contribution is 7.12. The summed E-state index contributed by atoms with van der Waals surface area (Å²) in [6.07, 6.45) is 0.103. The minimum Gasteiger partial charge on any atom is -0.481 e. The Morgan fingerprint density at radius 2 is 2.21 bits per heavy atom. The van der Waals surface area contributed by atoms with Gasteiger partial charge in [0, 0.05) is 27.4 Å². The topological polar surface area (TPSA) is 62.2 Å². The third-order valence-electron chi connectivity index (χ3n) is 2.63. The van der Waals surface area contributed by atoms with E-state index in [1.807, 2.05) is 24.4 Å². The van der Waals surface area contributed by atoms with Crippen molar-refractivity contribution in [3.8, 4) is 0 Å². The molecule has 0 aromatic carbocycles. The van der Waals surface area contributed by atoms with Crippen molar-refractivity contribution in [2.24, 2.45) is 0 Å². The summed E-state index contributed by atoms with van der Waals surface area (Å²) in [5.41, 5.74) is 1.05. The summed E-state index contributed by atoms with van der Waals surface area (Å²) >= 11 is 3.20. The first-order valence-corrected chi connectivity index (χ1v) is 7.69. The summed E-state index contributed by atoms with van der Waals surface area (Å²) in [5, 5.41) is 15.3. The number of aromatic nitrogens is 1. The molecule has 0 fully saturated rings. The highest BCUT2D eigenvalue weighted by Crippen LogP contribution is 2.20. The number of nitrogens with one attached hydrogen (secondary N) is 1. The van der Waals surface area contributed by atoms with Crippen LogP contribution in [0.15, 0.2) is 17.5 Å². The van der Waals surface area contributed by atoms with Crippen LogP contribution in [-0.4, -0.2) is 16.1 Å². The molecule has 1 unspecified atom stereocenters. The third-order valence-corrected chi connectivity index (χ3v) is 4.86. The van der Waals surface area contributed by atoms with Gasteiger partial charge in [0.05, 0.1) is 12.5 Å². The molecule has 0 saturated carbocycles. The number of carboxylic acids is 1. The van der Waals surface area contributed by atoms with Crippen LogP contribution in [0.1, 0.15) is 33.4 Å². The molecule has 1 atom stereocenters. The maximum Gasteiger partial charge on any atom is 0.308 e. The van der Waals surface area contributed by atoms with Gasteiger partial charge in [-0.25, -0.2) is 4.98 Å². The highest BCUT2D eigenvalue weighted by Gasteiger charge is 2.10. The zero-order valence-electron chi connectivity index (χ0n) is 10.8. The van der Waals surface area contributed by atoms with E-state index in [0.29, 0.717) is 0 Å². The Balaban J connectivity index is 1.88. The molecule has 2 aromatic rings. The number of aliphatic carboxylic acids is 1. The molecule has 0 spiro atoms. The lowest BCUT2D eigenvalue weighted by Gasteiger charge is -2.09. The molecular weight excluding hydrogens is 280 g/mol. The van der Waals surface area contributed by atoms with Gasteiger partial charge in [0.2, 0.25) is 0 Å². The zero-order chi connectivity index (χ0) is 13.8. The van der Waals surface area contributed by atoms with Gasteiger partial charge in [-0.15, -0.1) is 22.7 Å². The zero-order valence-corrected chi connectivity index (χ0v) is 12.5. The number of thiophene rings is 1. The molecule has 0 amide bonds. The first-order chi connectivity index (χ1) is 9.04. The monoisotopic (exact) mass is 296 g/mol. The van der Waals surface area contributed by atoms with Crippen molar-refractivity contribution in [1.29, 1.82) is 0 Å². The SMILES string of the molecule is Cc1csc(C(C)NCc2ccc(CC(=O)O)s2)n1. The Hall–Kier alpha value is -1.24. The molecule has 0 saturated heterocycles. The van der Waals surface area contributed by atoms with Gasteiger partial charge < -0.3 is 10.4 Å². The third kappa shape index (κ3) is 4.12. The van der Waals surface area contributed by atoms with E-state index in [1.54, 1.807) is 22.7 Å². The fourth-order valence-corrected chi connectivity index (χ4v) is 3.46. The molecule has 0 radical (unpaired) electrons. The van der Waals surface area contributed by atoms with Crippen LogP contribution in [-0.2, 0) is 17.8 Å². The fourth-order valence-electron chi connectivity index (χ4n) is 1.67. The molecule has 0 aliphatic rings. The van der Waals surface area contributed by atoms with Crippen molar-refractivity contribution >= 4 is 28.6 Å². The second-order valence-corrected chi connectivity index (χ2v) is 6.51. The summed E-state index contributed by atoms with van der Waals surface area (Å²) < 4.78 is 0. The summed E-state index contributed by atoms with van der Waals surface area (Å²) in [6, 6.07) is 4.08. The average Bonchev–Trinajstić information content (AvgIpc) is 2.94. The van der Waals surface area contributed by atoms with Crippen molar-refractivity contribution in [3.63, 3.8) is 0 Å². The molecule has 4 nitrogen and oxygen atoms in total. The maximum absolute atomic E-state index is 10.6. The number of thiazole rings is 1. The molecule has 102 valence electrons. The number of hydrogen-bond acceptors (Lipinski definition) is 5. The average molecular weight is 296 g/mol. The van der Waals surface area contributed by atoms with Gasteiger partial charge in [0.1, 0.15) is 5.01 Å². The van der Waals surface area contributed by atoms with Gasteiger partial charge >= 0.3 is 5.97 Å². The Labute approximate surface area is 120 Å². The fraction of sp³-hybridized carbons (Fsp3) is 0.385. The standard InChI is InChI=1S/C13H16N2O2S2/c1-8-7-18-13(15-8)9(2)14-6-11-4-3-10(19-11)5-12(16)17/h3-4,7,9,14H,5-6H2,1-2H3,(H,16,17). The molecule has 2 heterocycles. The number of nitrogens with zero attached hydrogens (tertiary/aromatic N) is 1. The number of carbonyl (C=O) groups is 1. The van der Waals surface area contributed by atoms with Crippen LogP contribution in [0, 0.1) is 6.92 Å². The number of hydrogen-bond donors (Lipinski definition) is 2. The quantitative estimate of drug-likeness (QED) is 0.860. The Morgan fingerprint density at radius 1 is 1.47 bits per heavy atom. The summed E-state index contributed by atoms with van der Waals surface area (Å²) in [5.74, 6) is -0.784. The summed E-state index contributed by atoms with van der Waals surface area (Å²) in [6.45, 7) is 4.82. The second kappa shape index (κ2) is 6.27. The van der Waals surface area contributed by atoms with E-state index in [1.165, 1.54) is 0 Å². The van der Waals surface area contributed by atoms with E-state index >= 15 is 0 Å². The molecule has 0 aliphatic heterocycles. The van der Waals surface area contributed by atoms with Crippen molar-refractivity contribution < 1.29 is 9.90 Å². The van der Waals surface area contributed by atoms with E-state index in [4.69, 9.17) is 5.11 Å². The number of rotatable bonds is 6. The Kier molecular flexibility index (Phi) is 4.68. The lowest BCUT2D eigenvalue weighted by molar-refractivity contribution is -0.136. The summed E-state index contributed by atoms with van der Waals surface area (Å²) in [4.78, 5) is 17.1. The molecule has 2 N–H and O–H groups in total. The van der Waals surface area contributed by atoms with Crippen LogP contribution in [0.3, 0.4) is 0 Å². The van der Waals surface area contributed by atoms with Crippen LogP contribution >= 0.6 is 22.7 Å². The maximum atomic E-state index is 10.6. The van der Waals surface area contributed by atoms with E-state index in [2.05, 4.69) is 17.2 Å². The van der Waals surface area contributed by atoms with Crippen molar-refractivity contribution in [2.75, 3.05) is 0 Å². The predicted octanol–water partition coefficient (Wildman–Crippen LogP) is 2.99. The lowest BCUT2D eigenvalue weighted by atomic mass is 10.3. The molecule has 0 bridgehead atoms. The predicted molar refractivity (Wildman–Crippen MR) is 77.8 cm³/mol. The van der Waals surface area contributed by atoms with Crippen LogP contribution < -0.4 is 5.32 Å². The van der Waals surface area contributed by atoms with Crippen LogP contribution in [0.4, 0.5) is 0 Å². The van der Waals surface area contributed by atoms with E-state index in [0.717, 1.165) is 27.0 Å². The van der Waals surface area contributed by atoms with E-state index < -0.39 is 5.97 Å². The first kappa shape index (κ1) is 14.2. The lowest BCUT2D eigenvalue weighted by Crippen LogP contribution is -2.17. The highest BCUT2D eigenvalue weighted by atomic mass is 32.1. The number of carboxylic acid groups (broad SMARTS) is 1. The molecule has 2 rings (SSSR count). The van der Waals surface area contributed by atoms with E-state index in [9.17, 15) is 4.79 Å². The Morgan fingerprint density at radius 3 is 2.84 bits per heavy atom. The van der Waals surface area contributed by atoms with Gasteiger partial charge in [0.15, 0.2) is 0 Å². The van der Waals surface area contributed by atoms with E-state index in [-0.39, 0.29) is 12.5 Å². The van der Waals surface area contributed by atoms with Gasteiger partial charge in [0.25, 0.3) is 0 Å². The normalized spacial score (nSPS) is 12.5. The molecule has 2 aromatic heterocycles. The Bertz CT molecular complexity index is 562. The molecule has 19 heavy (non-hydrogen) atoms. The minimum absolute atomic E-state index is 0.103. The minimum atomic E-state index is -0.784. The first-order valence-electron chi connectivity index (χ1n) is 5.99. The van der Waals surface area contributed by atoms with Gasteiger partial charge in [-0.2, -0.15) is 0 Å². The van der Waals surface area contributed by atoms with Crippen molar-refractivity contribution in [2.45, 2.75) is 32.9 Å². The van der Waals surface area contributed by atoms with Crippen LogP contribution in [0.25, 0.3) is 0 Å². The largest absolute Gasteiger partial charge is 0.481 e. The molecule has 6 heteroatoms. The molecule has 0 aliphatic carbocycles. The second-order valence-electron chi connectivity index (χ2n) is 4.37. The van der Waals surface area contributed by atoms with Gasteiger partial charge in [-0.3, -0.25) is 4.79 Å². The van der Waals surface area contributed by atoms with Crippen LogP contribution in [0.2, 0.25) is 0 Å². The van der Waals surface area contributed by atoms with Gasteiger partial charge in [-0.1, -0.05) is 0 Å². The van der Waals surface area contributed by atoms with Gasteiger partial charge in [-0.05, 0) is 26.0 Å². The van der Waals surface area contributed by atoms with Crippen LogP contribution in [0.5, 0.6) is 0 Å². The number of aryl methyl sites for hydroxylation is 1. The smallest absolute Gasteiger partial charge is 0.308 e. The van der Waals surface area contributed by atoms with Crippen molar-refractivity contribution in [3.05, 3.63) is 38.0 Å². The van der Waals surface area contributed by atoms with Crippen molar-refractivity contribution in [1.82, 2.24) is 10.3 Å².